The Bertz CT molecular complexity index is 1260. The molecule has 0 aliphatic heterocycles. The van der Waals surface area contributed by atoms with Crippen molar-refractivity contribution in [1.82, 2.24) is 31.9 Å². The summed E-state index contributed by atoms with van der Waals surface area (Å²) in [5.74, 6) is -8.84. The third kappa shape index (κ3) is 18.8. The average molecular weight is 762 g/mol. The predicted molar refractivity (Wildman–Crippen MR) is 188 cm³/mol. The maximum Gasteiger partial charge on any atom is 0.326 e. The summed E-state index contributed by atoms with van der Waals surface area (Å²) in [6, 6.07) is -10.3. The summed E-state index contributed by atoms with van der Waals surface area (Å²) in [7, 11) is 0. The molecule has 0 saturated heterocycles. The molecule has 20 heteroatoms. The van der Waals surface area contributed by atoms with Crippen LogP contribution in [0.2, 0.25) is 0 Å². The van der Waals surface area contributed by atoms with Gasteiger partial charge in [0.15, 0.2) is 0 Å². The van der Waals surface area contributed by atoms with E-state index in [1.54, 1.807) is 27.7 Å². The van der Waals surface area contributed by atoms with Crippen LogP contribution in [0.15, 0.2) is 0 Å². The summed E-state index contributed by atoms with van der Waals surface area (Å²) in [5.41, 5.74) is 5.87. The highest BCUT2D eigenvalue weighted by Gasteiger charge is 2.35. The Labute approximate surface area is 308 Å². The number of nitrogens with one attached hydrogen (secondary N) is 6. The van der Waals surface area contributed by atoms with Crippen LogP contribution in [0, 0.1) is 17.8 Å². The second-order valence-electron chi connectivity index (χ2n) is 14.2. The second kappa shape index (κ2) is 24.0. The fourth-order valence-corrected chi connectivity index (χ4v) is 4.95. The third-order valence-electron chi connectivity index (χ3n) is 7.70. The molecule has 0 radical (unpaired) electrons. The SMILES string of the molecule is CC(C)C[C@H](NC(=O)[C@H](CC(C)C)NC(=O)[C@H](CO)NC(=O)[C@@H](NC(=O)[C@H](CO)NC(=O)[C@H](CCC(=O)O)NC(=O)[C@@H](N)CC(C)C)[C@@H](C)O)C(=O)O. The highest BCUT2D eigenvalue weighted by atomic mass is 16.4. The van der Waals surface area contributed by atoms with Crippen molar-refractivity contribution >= 4 is 47.4 Å². The Morgan fingerprint density at radius 2 is 0.887 bits per heavy atom. The van der Waals surface area contributed by atoms with Crippen molar-refractivity contribution < 1.29 is 63.9 Å². The molecule has 13 N–H and O–H groups in total. The Kier molecular flexibility index (Phi) is 22.0. The number of hydrogen-bond acceptors (Lipinski definition) is 12. The van der Waals surface area contributed by atoms with Gasteiger partial charge in [0.2, 0.25) is 35.4 Å². The third-order valence-corrected chi connectivity index (χ3v) is 7.70. The zero-order chi connectivity index (χ0) is 41.2. The van der Waals surface area contributed by atoms with Crippen molar-refractivity contribution in [2.75, 3.05) is 13.2 Å². The molecule has 0 unspecified atom stereocenters. The fraction of sp³-hybridized carbons (Fsp3) is 0.758. The number of aliphatic carboxylic acids is 2. The number of nitrogens with two attached hydrogens (primary N) is 1. The number of hydrogen-bond donors (Lipinski definition) is 12. The average Bonchev–Trinajstić information content (AvgIpc) is 3.04. The second-order valence-corrected chi connectivity index (χ2v) is 14.2. The minimum Gasteiger partial charge on any atom is -0.481 e. The molecule has 8 atom stereocenters. The van der Waals surface area contributed by atoms with Crippen LogP contribution in [0.5, 0.6) is 0 Å². The monoisotopic (exact) mass is 761 g/mol. The van der Waals surface area contributed by atoms with E-state index in [1.165, 1.54) is 0 Å². The molecule has 304 valence electrons. The molecule has 53 heavy (non-hydrogen) atoms. The first-order valence-corrected chi connectivity index (χ1v) is 17.5. The van der Waals surface area contributed by atoms with Gasteiger partial charge < -0.3 is 63.2 Å². The highest BCUT2D eigenvalue weighted by molar-refractivity contribution is 5.97. The minimum atomic E-state index is -1.83. The maximum atomic E-state index is 13.2. The molecule has 0 aromatic carbocycles. The molecule has 0 rings (SSSR count). The lowest BCUT2D eigenvalue weighted by Gasteiger charge is -2.28. The first-order valence-electron chi connectivity index (χ1n) is 17.5. The summed E-state index contributed by atoms with van der Waals surface area (Å²) >= 11 is 0. The smallest absolute Gasteiger partial charge is 0.326 e. The molecular weight excluding hydrogens is 702 g/mol. The molecule has 0 saturated carbocycles. The minimum absolute atomic E-state index is 0.0203. The molecule has 0 spiro atoms. The predicted octanol–water partition coefficient (Wildman–Crippen LogP) is -3.32. The van der Waals surface area contributed by atoms with Gasteiger partial charge in [0.1, 0.15) is 36.3 Å². The Balaban J connectivity index is 5.87. The van der Waals surface area contributed by atoms with Gasteiger partial charge in [0.25, 0.3) is 0 Å². The summed E-state index contributed by atoms with van der Waals surface area (Å²) in [5, 5.41) is 62.4. The van der Waals surface area contributed by atoms with Gasteiger partial charge in [-0.05, 0) is 50.4 Å². The highest BCUT2D eigenvalue weighted by Crippen LogP contribution is 2.10. The molecule has 0 aliphatic rings. The van der Waals surface area contributed by atoms with Gasteiger partial charge in [-0.3, -0.25) is 33.6 Å². The number of carbonyl (C=O) groups is 8. The standard InChI is InChI=1S/C33H59N7O13/c1-15(2)10-19(34)27(46)35-20(8-9-25(44)45)28(47)38-24(14-42)31(50)40-26(18(7)43)32(51)39-23(13-41)30(49)36-21(11-16(3)4)29(48)37-22(33(52)53)12-17(5)6/h15-24,26,41-43H,8-14,34H2,1-7H3,(H,35,46)(H,36,49)(H,37,48)(H,38,47)(H,39,51)(H,40,50)(H,44,45)(H,52,53)/t18-,19+,20+,21+,22+,23+,24+,26+/m1/s1. The van der Waals surface area contributed by atoms with Crippen LogP contribution < -0.4 is 37.6 Å². The summed E-state index contributed by atoms with van der Waals surface area (Å²) < 4.78 is 0. The molecule has 0 aromatic heterocycles. The van der Waals surface area contributed by atoms with Crippen LogP contribution in [-0.4, -0.2) is 135 Å². The number of amides is 6. The van der Waals surface area contributed by atoms with E-state index < -0.39 is 122 Å². The van der Waals surface area contributed by atoms with Crippen LogP contribution >= 0.6 is 0 Å². The maximum absolute atomic E-state index is 13.2. The molecule has 0 bridgehead atoms. The van der Waals surface area contributed by atoms with Gasteiger partial charge in [-0.25, -0.2) is 4.79 Å². The topological polar surface area (TPSA) is 336 Å². The summed E-state index contributed by atoms with van der Waals surface area (Å²) in [6.45, 7) is 9.69. The number of aliphatic hydroxyl groups is 3. The first-order chi connectivity index (χ1) is 24.5. The van der Waals surface area contributed by atoms with Gasteiger partial charge in [0.05, 0.1) is 25.4 Å². The number of rotatable bonds is 25. The zero-order valence-electron chi connectivity index (χ0n) is 31.4. The van der Waals surface area contributed by atoms with Crippen LogP contribution in [0.4, 0.5) is 0 Å². The molecule has 0 aliphatic carbocycles. The van der Waals surface area contributed by atoms with Gasteiger partial charge in [-0.1, -0.05) is 41.5 Å². The summed E-state index contributed by atoms with van der Waals surface area (Å²) in [6.07, 6.45) is -2.17. The molecular formula is C33H59N7O13. The number of carbonyl (C=O) groups excluding carboxylic acids is 6. The van der Waals surface area contributed by atoms with Crippen LogP contribution in [0.1, 0.15) is 80.6 Å². The Morgan fingerprint density at radius 1 is 0.509 bits per heavy atom. The van der Waals surface area contributed by atoms with E-state index in [1.807, 2.05) is 13.8 Å². The van der Waals surface area contributed by atoms with E-state index in [9.17, 15) is 58.8 Å². The molecule has 6 amide bonds. The van der Waals surface area contributed by atoms with Crippen molar-refractivity contribution in [2.24, 2.45) is 23.5 Å². The van der Waals surface area contributed by atoms with Gasteiger partial charge in [-0.2, -0.15) is 0 Å². The van der Waals surface area contributed by atoms with Crippen LogP contribution in [0.25, 0.3) is 0 Å². The van der Waals surface area contributed by atoms with E-state index >= 15 is 0 Å². The van der Waals surface area contributed by atoms with Crippen molar-refractivity contribution in [3.05, 3.63) is 0 Å². The number of carboxylic acids is 2. The van der Waals surface area contributed by atoms with Crippen molar-refractivity contribution in [2.45, 2.75) is 129 Å². The van der Waals surface area contributed by atoms with Crippen molar-refractivity contribution in [1.29, 1.82) is 0 Å². The van der Waals surface area contributed by atoms with Crippen LogP contribution in [0.3, 0.4) is 0 Å². The van der Waals surface area contributed by atoms with E-state index in [0.29, 0.717) is 0 Å². The van der Waals surface area contributed by atoms with E-state index in [2.05, 4.69) is 31.9 Å². The number of aliphatic hydroxyl groups excluding tert-OH is 3. The Hall–Kier alpha value is -4.40. The van der Waals surface area contributed by atoms with Gasteiger partial charge >= 0.3 is 11.9 Å². The van der Waals surface area contributed by atoms with Gasteiger partial charge in [-0.15, -0.1) is 0 Å². The van der Waals surface area contributed by atoms with Crippen LogP contribution in [-0.2, 0) is 38.4 Å². The lowest BCUT2D eigenvalue weighted by atomic mass is 10.00. The van der Waals surface area contributed by atoms with E-state index in [-0.39, 0.29) is 37.0 Å². The zero-order valence-corrected chi connectivity index (χ0v) is 31.4. The van der Waals surface area contributed by atoms with E-state index in [4.69, 9.17) is 10.8 Å². The number of carboxylic acid groups (broad SMARTS) is 2. The molecule has 20 nitrogen and oxygen atoms in total. The Morgan fingerprint density at radius 3 is 1.32 bits per heavy atom. The largest absolute Gasteiger partial charge is 0.481 e. The summed E-state index contributed by atoms with van der Waals surface area (Å²) in [4.78, 5) is 101. The molecule has 0 aromatic rings. The fourth-order valence-electron chi connectivity index (χ4n) is 4.95. The first kappa shape index (κ1) is 48.6. The molecule has 0 fully saturated rings. The lowest BCUT2D eigenvalue weighted by molar-refractivity contribution is -0.143. The lowest BCUT2D eigenvalue weighted by Crippen LogP contribution is -2.62. The molecule has 0 heterocycles. The van der Waals surface area contributed by atoms with Crippen molar-refractivity contribution in [3.63, 3.8) is 0 Å². The van der Waals surface area contributed by atoms with Gasteiger partial charge in [0, 0.05) is 6.42 Å². The normalized spacial score (nSPS) is 15.9. The van der Waals surface area contributed by atoms with E-state index in [0.717, 1.165) is 6.92 Å². The quantitative estimate of drug-likeness (QED) is 0.0433. The van der Waals surface area contributed by atoms with Crippen molar-refractivity contribution in [3.8, 4) is 0 Å².